The first-order valence-electron chi connectivity index (χ1n) is 5.38. The highest BCUT2D eigenvalue weighted by Gasteiger charge is 2.16. The molecule has 0 N–H and O–H groups in total. The molecule has 0 aliphatic rings. The van der Waals surface area contributed by atoms with Gasteiger partial charge in [0.15, 0.2) is 0 Å². The van der Waals surface area contributed by atoms with Crippen molar-refractivity contribution in [2.75, 3.05) is 11.9 Å². The molecule has 0 heterocycles. The number of carbonyl (C=O) groups excluding carboxylic acids is 1. The van der Waals surface area contributed by atoms with E-state index in [0.717, 1.165) is 14.6 Å². The molecule has 0 bridgehead atoms. The number of carbonyl (C=O) groups is 1. The van der Waals surface area contributed by atoms with Crippen molar-refractivity contribution in [3.05, 3.63) is 63.0 Å². The van der Waals surface area contributed by atoms with Crippen molar-refractivity contribution in [1.29, 1.82) is 0 Å². The Hall–Kier alpha value is -1.13. The predicted molar refractivity (Wildman–Crippen MR) is 81.0 cm³/mol. The van der Waals surface area contributed by atoms with Crippen molar-refractivity contribution < 1.29 is 4.79 Å². The highest BCUT2D eigenvalue weighted by atomic mass is 79.9. The SMILES string of the molecule is CN(C(=O)c1ccc(Br)cc1Br)c1ccccc1. The van der Waals surface area contributed by atoms with E-state index < -0.39 is 0 Å². The molecular formula is C14H11Br2NO. The minimum absolute atomic E-state index is 0.0411. The molecule has 0 aromatic heterocycles. The number of anilines is 1. The maximum atomic E-state index is 12.4. The maximum Gasteiger partial charge on any atom is 0.259 e. The number of rotatable bonds is 2. The first-order valence-corrected chi connectivity index (χ1v) is 6.96. The number of hydrogen-bond acceptors (Lipinski definition) is 1. The fourth-order valence-electron chi connectivity index (χ4n) is 1.61. The normalized spacial score (nSPS) is 10.2. The van der Waals surface area contributed by atoms with Crippen molar-refractivity contribution >= 4 is 43.5 Å². The molecule has 92 valence electrons. The number of halogens is 2. The number of hydrogen-bond donors (Lipinski definition) is 0. The number of para-hydroxylation sites is 1. The minimum atomic E-state index is -0.0411. The molecule has 0 fully saturated rings. The van der Waals surface area contributed by atoms with Gasteiger partial charge in [-0.1, -0.05) is 34.1 Å². The van der Waals surface area contributed by atoms with Crippen LogP contribution in [0.4, 0.5) is 5.69 Å². The third kappa shape index (κ3) is 2.82. The molecule has 4 heteroatoms. The standard InChI is InChI=1S/C14H11Br2NO/c1-17(11-5-3-2-4-6-11)14(18)12-8-7-10(15)9-13(12)16/h2-9H,1H3. The van der Waals surface area contributed by atoms with E-state index in [1.165, 1.54) is 0 Å². The Labute approximate surface area is 123 Å². The molecule has 0 atom stereocenters. The summed E-state index contributed by atoms with van der Waals surface area (Å²) in [5.41, 5.74) is 1.52. The fraction of sp³-hybridized carbons (Fsp3) is 0.0714. The van der Waals surface area contributed by atoms with Crippen LogP contribution in [0.15, 0.2) is 57.5 Å². The summed E-state index contributed by atoms with van der Waals surface area (Å²) in [4.78, 5) is 14.0. The fourth-order valence-corrected chi connectivity index (χ4v) is 2.83. The molecule has 0 spiro atoms. The average molecular weight is 369 g/mol. The average Bonchev–Trinajstić information content (AvgIpc) is 2.38. The van der Waals surface area contributed by atoms with Crippen LogP contribution in [0.5, 0.6) is 0 Å². The Balaban J connectivity index is 2.32. The van der Waals surface area contributed by atoms with Gasteiger partial charge in [0, 0.05) is 21.7 Å². The molecule has 0 saturated heterocycles. The van der Waals surface area contributed by atoms with Gasteiger partial charge in [0.25, 0.3) is 5.91 Å². The molecule has 1 amide bonds. The molecule has 18 heavy (non-hydrogen) atoms. The Morgan fingerprint density at radius 2 is 1.72 bits per heavy atom. The molecule has 0 saturated carbocycles. The van der Waals surface area contributed by atoms with Crippen LogP contribution in [0.1, 0.15) is 10.4 Å². The zero-order valence-electron chi connectivity index (χ0n) is 9.73. The minimum Gasteiger partial charge on any atom is -0.311 e. The summed E-state index contributed by atoms with van der Waals surface area (Å²) in [7, 11) is 1.77. The number of amides is 1. The second-order valence-electron chi connectivity index (χ2n) is 3.82. The summed E-state index contributed by atoms with van der Waals surface area (Å²) < 4.78 is 1.72. The van der Waals surface area contributed by atoms with E-state index in [1.807, 2.05) is 42.5 Å². The molecule has 0 unspecified atom stereocenters. The first kappa shape index (κ1) is 13.3. The van der Waals surface area contributed by atoms with Gasteiger partial charge in [-0.3, -0.25) is 4.79 Å². The highest BCUT2D eigenvalue weighted by molar-refractivity contribution is 9.11. The van der Waals surface area contributed by atoms with Gasteiger partial charge in [-0.25, -0.2) is 0 Å². The summed E-state index contributed by atoms with van der Waals surface area (Å²) in [5.74, 6) is -0.0411. The third-order valence-corrected chi connectivity index (χ3v) is 3.76. The van der Waals surface area contributed by atoms with Crippen LogP contribution in [0.25, 0.3) is 0 Å². The van der Waals surface area contributed by atoms with E-state index in [2.05, 4.69) is 31.9 Å². The zero-order valence-corrected chi connectivity index (χ0v) is 12.9. The van der Waals surface area contributed by atoms with Gasteiger partial charge in [0.05, 0.1) is 5.56 Å². The Bertz CT molecular complexity index is 569. The van der Waals surface area contributed by atoms with E-state index in [0.29, 0.717) is 5.56 Å². The molecule has 2 nitrogen and oxygen atoms in total. The molecular weight excluding hydrogens is 358 g/mol. The van der Waals surface area contributed by atoms with E-state index in [4.69, 9.17) is 0 Å². The largest absolute Gasteiger partial charge is 0.311 e. The van der Waals surface area contributed by atoms with Gasteiger partial charge in [0.2, 0.25) is 0 Å². The summed E-state index contributed by atoms with van der Waals surface area (Å²) in [6, 6.07) is 15.1. The molecule has 0 aliphatic heterocycles. The predicted octanol–water partition coefficient (Wildman–Crippen LogP) is 4.49. The van der Waals surface area contributed by atoms with Crippen molar-refractivity contribution in [3.63, 3.8) is 0 Å². The Kier molecular flexibility index (Phi) is 4.19. The van der Waals surface area contributed by atoms with Crippen LogP contribution >= 0.6 is 31.9 Å². The van der Waals surface area contributed by atoms with Crippen LogP contribution in [0, 0.1) is 0 Å². The van der Waals surface area contributed by atoms with Gasteiger partial charge < -0.3 is 4.90 Å². The Morgan fingerprint density at radius 1 is 1.06 bits per heavy atom. The number of benzene rings is 2. The van der Waals surface area contributed by atoms with Crippen molar-refractivity contribution in [1.82, 2.24) is 0 Å². The first-order chi connectivity index (χ1) is 8.59. The smallest absolute Gasteiger partial charge is 0.259 e. The monoisotopic (exact) mass is 367 g/mol. The van der Waals surface area contributed by atoms with Crippen LogP contribution < -0.4 is 4.90 Å². The third-order valence-electron chi connectivity index (χ3n) is 2.61. The lowest BCUT2D eigenvalue weighted by Gasteiger charge is -2.18. The second kappa shape index (κ2) is 5.67. The van der Waals surface area contributed by atoms with Crippen molar-refractivity contribution in [3.8, 4) is 0 Å². The summed E-state index contributed by atoms with van der Waals surface area (Å²) in [6.07, 6.45) is 0. The van der Waals surface area contributed by atoms with E-state index in [9.17, 15) is 4.79 Å². The van der Waals surface area contributed by atoms with Crippen LogP contribution in [-0.4, -0.2) is 13.0 Å². The summed E-state index contributed by atoms with van der Waals surface area (Å²) in [6.45, 7) is 0. The van der Waals surface area contributed by atoms with Gasteiger partial charge in [-0.15, -0.1) is 0 Å². The lowest BCUT2D eigenvalue weighted by molar-refractivity contribution is 0.0992. The zero-order chi connectivity index (χ0) is 13.1. The van der Waals surface area contributed by atoms with E-state index in [1.54, 1.807) is 18.0 Å². The Morgan fingerprint density at radius 3 is 2.33 bits per heavy atom. The number of nitrogens with zero attached hydrogens (tertiary/aromatic N) is 1. The van der Waals surface area contributed by atoms with Crippen molar-refractivity contribution in [2.45, 2.75) is 0 Å². The van der Waals surface area contributed by atoms with Gasteiger partial charge >= 0.3 is 0 Å². The lowest BCUT2D eigenvalue weighted by atomic mass is 10.2. The highest BCUT2D eigenvalue weighted by Crippen LogP contribution is 2.24. The van der Waals surface area contributed by atoms with Crippen molar-refractivity contribution in [2.24, 2.45) is 0 Å². The quantitative estimate of drug-likeness (QED) is 0.764. The van der Waals surface area contributed by atoms with Crippen LogP contribution in [0.3, 0.4) is 0 Å². The summed E-state index contributed by atoms with van der Waals surface area (Å²) >= 11 is 6.78. The van der Waals surface area contributed by atoms with E-state index in [-0.39, 0.29) is 5.91 Å². The molecule has 2 rings (SSSR count). The van der Waals surface area contributed by atoms with E-state index >= 15 is 0 Å². The molecule has 0 aliphatic carbocycles. The van der Waals surface area contributed by atoms with Crippen LogP contribution in [0.2, 0.25) is 0 Å². The maximum absolute atomic E-state index is 12.4. The summed E-state index contributed by atoms with van der Waals surface area (Å²) in [5, 5.41) is 0. The molecule has 2 aromatic carbocycles. The topological polar surface area (TPSA) is 20.3 Å². The molecule has 2 aromatic rings. The van der Waals surface area contributed by atoms with Crippen LogP contribution in [-0.2, 0) is 0 Å². The second-order valence-corrected chi connectivity index (χ2v) is 5.59. The van der Waals surface area contributed by atoms with Gasteiger partial charge in [0.1, 0.15) is 0 Å². The van der Waals surface area contributed by atoms with Gasteiger partial charge in [-0.2, -0.15) is 0 Å². The lowest BCUT2D eigenvalue weighted by Crippen LogP contribution is -2.26. The molecule has 0 radical (unpaired) electrons. The van der Waals surface area contributed by atoms with Gasteiger partial charge in [-0.05, 0) is 46.3 Å².